The first-order valence-corrected chi connectivity index (χ1v) is 8.52. The third-order valence-electron chi connectivity index (χ3n) is 3.34. The molecule has 0 unspecified atom stereocenters. The summed E-state index contributed by atoms with van der Waals surface area (Å²) in [6.07, 6.45) is 3.28. The molecule has 25 heavy (non-hydrogen) atoms. The second-order valence-electron chi connectivity index (χ2n) is 6.03. The molecule has 0 spiro atoms. The number of benzene rings is 2. The summed E-state index contributed by atoms with van der Waals surface area (Å²) in [7, 11) is 0. The Bertz CT molecular complexity index is 705. The van der Waals surface area contributed by atoms with Gasteiger partial charge in [0.25, 0.3) is 0 Å². The topological polar surface area (TPSA) is 47.6 Å². The van der Waals surface area contributed by atoms with Crippen molar-refractivity contribution in [3.63, 3.8) is 0 Å². The molecule has 0 heterocycles. The van der Waals surface area contributed by atoms with Crippen molar-refractivity contribution in [1.29, 1.82) is 0 Å². The number of rotatable bonds is 8. The van der Waals surface area contributed by atoms with Gasteiger partial charge in [0.2, 0.25) is 5.91 Å². The monoisotopic (exact) mass is 339 g/mol. The fraction of sp³-hybridized carbons (Fsp3) is 0.286. The van der Waals surface area contributed by atoms with E-state index in [0.29, 0.717) is 30.6 Å². The van der Waals surface area contributed by atoms with E-state index in [9.17, 15) is 4.79 Å². The van der Waals surface area contributed by atoms with Crippen molar-refractivity contribution in [3.05, 3.63) is 60.2 Å². The van der Waals surface area contributed by atoms with Crippen molar-refractivity contribution in [2.75, 3.05) is 18.5 Å². The van der Waals surface area contributed by atoms with E-state index in [1.807, 2.05) is 55.5 Å². The van der Waals surface area contributed by atoms with Crippen LogP contribution in [-0.2, 0) is 4.79 Å². The lowest BCUT2D eigenvalue weighted by atomic mass is 10.2. The predicted molar refractivity (Wildman–Crippen MR) is 102 cm³/mol. The number of anilines is 1. The average Bonchev–Trinajstić information content (AvgIpc) is 2.60. The Labute approximate surface area is 149 Å². The Morgan fingerprint density at radius 1 is 1.08 bits per heavy atom. The quantitative estimate of drug-likeness (QED) is 0.705. The molecule has 0 aliphatic rings. The van der Waals surface area contributed by atoms with Crippen LogP contribution in [0.25, 0.3) is 6.08 Å². The van der Waals surface area contributed by atoms with E-state index in [2.05, 4.69) is 19.2 Å². The molecular weight excluding hydrogens is 314 g/mol. The standard InChI is InChI=1S/C21H25NO3/c1-4-24-18-12-9-17(10-13-18)11-14-21(23)22-19-7-5-6-8-20(19)25-15-16(2)3/h5-14,16H,4,15H2,1-3H3,(H,22,23)/b14-11+. The van der Waals surface area contributed by atoms with Crippen LogP contribution in [0.1, 0.15) is 26.3 Å². The lowest BCUT2D eigenvalue weighted by Crippen LogP contribution is -2.11. The third kappa shape index (κ3) is 6.34. The molecule has 0 atom stereocenters. The maximum atomic E-state index is 12.2. The zero-order valence-corrected chi connectivity index (χ0v) is 15.0. The van der Waals surface area contributed by atoms with E-state index in [4.69, 9.17) is 9.47 Å². The van der Waals surface area contributed by atoms with Crippen LogP contribution in [0.4, 0.5) is 5.69 Å². The van der Waals surface area contributed by atoms with Crippen LogP contribution in [-0.4, -0.2) is 19.1 Å². The van der Waals surface area contributed by atoms with Gasteiger partial charge in [-0.3, -0.25) is 4.79 Å². The number of para-hydroxylation sites is 2. The summed E-state index contributed by atoms with van der Waals surface area (Å²) in [5.74, 6) is 1.72. The molecule has 0 bridgehead atoms. The van der Waals surface area contributed by atoms with Gasteiger partial charge in [-0.1, -0.05) is 38.1 Å². The van der Waals surface area contributed by atoms with Crippen LogP contribution < -0.4 is 14.8 Å². The van der Waals surface area contributed by atoms with Crippen molar-refractivity contribution in [2.24, 2.45) is 5.92 Å². The zero-order chi connectivity index (χ0) is 18.1. The van der Waals surface area contributed by atoms with Crippen LogP contribution in [0.3, 0.4) is 0 Å². The second kappa shape index (κ2) is 9.52. The maximum absolute atomic E-state index is 12.2. The maximum Gasteiger partial charge on any atom is 0.248 e. The van der Waals surface area contributed by atoms with Crippen molar-refractivity contribution in [1.82, 2.24) is 0 Å². The molecule has 1 amide bonds. The smallest absolute Gasteiger partial charge is 0.248 e. The SMILES string of the molecule is CCOc1ccc(/C=C/C(=O)Nc2ccccc2OCC(C)C)cc1. The molecule has 1 N–H and O–H groups in total. The zero-order valence-electron chi connectivity index (χ0n) is 15.0. The first-order chi connectivity index (χ1) is 12.1. The highest BCUT2D eigenvalue weighted by molar-refractivity contribution is 6.02. The van der Waals surface area contributed by atoms with Gasteiger partial charge < -0.3 is 14.8 Å². The highest BCUT2D eigenvalue weighted by Crippen LogP contribution is 2.24. The molecule has 2 rings (SSSR count). The third-order valence-corrected chi connectivity index (χ3v) is 3.34. The molecule has 0 saturated heterocycles. The van der Waals surface area contributed by atoms with Crippen LogP contribution >= 0.6 is 0 Å². The molecule has 0 fully saturated rings. The van der Waals surface area contributed by atoms with Crippen LogP contribution in [0, 0.1) is 5.92 Å². The number of hydrogen-bond acceptors (Lipinski definition) is 3. The van der Waals surface area contributed by atoms with Crippen LogP contribution in [0.5, 0.6) is 11.5 Å². The lowest BCUT2D eigenvalue weighted by molar-refractivity contribution is -0.111. The minimum absolute atomic E-state index is 0.200. The first kappa shape index (κ1) is 18.6. The Kier molecular flexibility index (Phi) is 7.08. The van der Waals surface area contributed by atoms with Crippen LogP contribution in [0.15, 0.2) is 54.6 Å². The Hall–Kier alpha value is -2.75. The number of ether oxygens (including phenoxy) is 2. The van der Waals surface area contributed by atoms with Gasteiger partial charge in [-0.15, -0.1) is 0 Å². The minimum atomic E-state index is -0.200. The van der Waals surface area contributed by atoms with E-state index in [1.165, 1.54) is 6.08 Å². The Morgan fingerprint density at radius 3 is 2.48 bits per heavy atom. The molecule has 0 aliphatic heterocycles. The average molecular weight is 339 g/mol. The Morgan fingerprint density at radius 2 is 1.80 bits per heavy atom. The van der Waals surface area contributed by atoms with Gasteiger partial charge in [-0.2, -0.15) is 0 Å². The van der Waals surface area contributed by atoms with Gasteiger partial charge in [0, 0.05) is 6.08 Å². The van der Waals surface area contributed by atoms with Crippen molar-refractivity contribution < 1.29 is 14.3 Å². The molecule has 2 aromatic rings. The van der Waals surface area contributed by atoms with Gasteiger partial charge in [0.05, 0.1) is 18.9 Å². The predicted octanol–water partition coefficient (Wildman–Crippen LogP) is 4.77. The molecule has 4 heteroatoms. The van der Waals surface area contributed by atoms with Gasteiger partial charge in [0.15, 0.2) is 0 Å². The summed E-state index contributed by atoms with van der Waals surface area (Å²) in [6.45, 7) is 7.35. The number of carbonyl (C=O) groups is 1. The molecular formula is C21H25NO3. The van der Waals surface area contributed by atoms with E-state index >= 15 is 0 Å². The van der Waals surface area contributed by atoms with Gasteiger partial charge in [-0.25, -0.2) is 0 Å². The summed E-state index contributed by atoms with van der Waals surface area (Å²) in [4.78, 5) is 12.2. The summed E-state index contributed by atoms with van der Waals surface area (Å²) >= 11 is 0. The molecule has 0 saturated carbocycles. The van der Waals surface area contributed by atoms with E-state index in [0.717, 1.165) is 11.3 Å². The number of nitrogens with one attached hydrogen (secondary N) is 1. The van der Waals surface area contributed by atoms with E-state index in [-0.39, 0.29) is 5.91 Å². The lowest BCUT2D eigenvalue weighted by Gasteiger charge is -2.13. The molecule has 132 valence electrons. The number of amides is 1. The second-order valence-corrected chi connectivity index (χ2v) is 6.03. The van der Waals surface area contributed by atoms with Gasteiger partial charge in [-0.05, 0) is 48.7 Å². The molecule has 0 aliphatic carbocycles. The molecule has 0 radical (unpaired) electrons. The highest BCUT2D eigenvalue weighted by Gasteiger charge is 2.06. The minimum Gasteiger partial charge on any atom is -0.494 e. The number of carbonyl (C=O) groups excluding carboxylic acids is 1. The van der Waals surface area contributed by atoms with Crippen LogP contribution in [0.2, 0.25) is 0 Å². The van der Waals surface area contributed by atoms with E-state index in [1.54, 1.807) is 6.08 Å². The largest absolute Gasteiger partial charge is 0.494 e. The highest BCUT2D eigenvalue weighted by atomic mass is 16.5. The van der Waals surface area contributed by atoms with Crippen molar-refractivity contribution in [2.45, 2.75) is 20.8 Å². The fourth-order valence-electron chi connectivity index (χ4n) is 2.14. The summed E-state index contributed by atoms with van der Waals surface area (Å²) < 4.78 is 11.1. The molecule has 4 nitrogen and oxygen atoms in total. The fourth-order valence-corrected chi connectivity index (χ4v) is 2.14. The van der Waals surface area contributed by atoms with E-state index < -0.39 is 0 Å². The normalized spacial score (nSPS) is 10.9. The van der Waals surface area contributed by atoms with Gasteiger partial charge >= 0.3 is 0 Å². The number of hydrogen-bond donors (Lipinski definition) is 1. The first-order valence-electron chi connectivity index (χ1n) is 8.52. The van der Waals surface area contributed by atoms with Crippen molar-refractivity contribution in [3.8, 4) is 11.5 Å². The summed E-state index contributed by atoms with van der Waals surface area (Å²) in [5.41, 5.74) is 1.60. The van der Waals surface area contributed by atoms with Gasteiger partial charge in [0.1, 0.15) is 11.5 Å². The molecule has 2 aromatic carbocycles. The molecule has 0 aromatic heterocycles. The summed E-state index contributed by atoms with van der Waals surface area (Å²) in [5, 5.41) is 2.86. The summed E-state index contributed by atoms with van der Waals surface area (Å²) in [6, 6.07) is 15.0. The Balaban J connectivity index is 1.97. The van der Waals surface area contributed by atoms with Crippen molar-refractivity contribution >= 4 is 17.7 Å².